The van der Waals surface area contributed by atoms with Crippen LogP contribution in [0.25, 0.3) is 0 Å². The molecular weight excluding hydrogens is 516 g/mol. The molecule has 0 amide bonds. The van der Waals surface area contributed by atoms with Crippen LogP contribution in [0.3, 0.4) is 0 Å². The zero-order valence-corrected chi connectivity index (χ0v) is 34.4. The van der Waals surface area contributed by atoms with Gasteiger partial charge in [0.05, 0.1) is 0 Å². The first-order valence-corrected chi connectivity index (χ1v) is 18.6. The van der Waals surface area contributed by atoms with Crippen LogP contribution >= 0.6 is 0 Å². The van der Waals surface area contributed by atoms with Gasteiger partial charge in [-0.2, -0.15) is 0 Å². The summed E-state index contributed by atoms with van der Waals surface area (Å²) in [5.41, 5.74) is 2.08. The minimum absolute atomic E-state index is 0.0469. The molecule has 2 saturated carbocycles. The highest BCUT2D eigenvalue weighted by Gasteiger charge is 2.36. The molecule has 0 aromatic rings. The van der Waals surface area contributed by atoms with E-state index in [1.54, 1.807) is 0 Å². The normalized spacial score (nSPS) is 23.7. The maximum Gasteiger partial charge on any atom is 0.0311 e. The predicted molar refractivity (Wildman–Crippen MR) is 202 cm³/mol. The third-order valence-electron chi connectivity index (χ3n) is 11.0. The van der Waals surface area contributed by atoms with Crippen LogP contribution in [-0.4, -0.2) is 0 Å². The second-order valence-electron chi connectivity index (χ2n) is 20.0. The highest BCUT2D eigenvalue weighted by molar-refractivity contribution is 4.87. The van der Waals surface area contributed by atoms with Gasteiger partial charge in [0, 0.05) is 4.11 Å². The Kier molecular flexibility index (Phi) is 16.7. The first kappa shape index (κ1) is 39.2. The van der Waals surface area contributed by atoms with Crippen molar-refractivity contribution < 1.29 is 4.11 Å². The summed E-state index contributed by atoms with van der Waals surface area (Å²) in [7, 11) is 0. The second kappa shape index (κ2) is 18.4. The Morgan fingerprint density at radius 2 is 0.837 bits per heavy atom. The van der Waals surface area contributed by atoms with Crippen LogP contribution in [0.4, 0.5) is 0 Å². The van der Waals surface area contributed by atoms with E-state index in [1.165, 1.54) is 32.1 Å². The van der Waals surface area contributed by atoms with Gasteiger partial charge in [0.15, 0.2) is 0 Å². The van der Waals surface area contributed by atoms with Gasteiger partial charge >= 0.3 is 0 Å². The molecule has 0 spiro atoms. The van der Waals surface area contributed by atoms with E-state index in [1.807, 2.05) is 6.92 Å². The molecule has 0 bridgehead atoms. The molecule has 0 aromatic carbocycles. The van der Waals surface area contributed by atoms with Crippen molar-refractivity contribution in [2.45, 2.75) is 216 Å². The fourth-order valence-corrected chi connectivity index (χ4v) is 8.04. The molecule has 0 radical (unpaired) electrons. The van der Waals surface area contributed by atoms with E-state index in [2.05, 4.69) is 138 Å². The number of hydrogen-bond donors (Lipinski definition) is 0. The van der Waals surface area contributed by atoms with Gasteiger partial charge in [-0.1, -0.05) is 171 Å². The zero-order valence-electron chi connectivity index (χ0n) is 37.4. The third kappa shape index (κ3) is 20.0. The van der Waals surface area contributed by atoms with E-state index in [9.17, 15) is 0 Å². The van der Waals surface area contributed by atoms with Gasteiger partial charge in [-0.25, -0.2) is 0 Å². The fourth-order valence-electron chi connectivity index (χ4n) is 8.04. The standard InChI is InChI=1S/C12H26.C11H22.C10H20.C10H22/c1-6-11(7-2)10(5)12(8-3)9-4;1-9-6-10(2,3)8-11(4,5)7-9;1-9(2)5-7-10(3,4)8-6-9;1-8(9(2,3)4)10(5,6)7/h10-12H,6-9H2,1-5H3;9H,6-8H2,1-5H3;5-8H2,1-4H3;8H,1-7H3/i10D;9D;;8D. The Labute approximate surface area is 281 Å². The topological polar surface area (TPSA) is 0 Å². The first-order valence-electron chi connectivity index (χ1n) is 20.1. The average Bonchev–Trinajstić information content (AvgIpc) is 2.79. The van der Waals surface area contributed by atoms with Crippen LogP contribution in [0, 0.1) is 62.0 Å². The molecule has 43 heavy (non-hydrogen) atoms. The van der Waals surface area contributed by atoms with Gasteiger partial charge in [-0.05, 0) is 107 Å². The van der Waals surface area contributed by atoms with E-state index < -0.39 is 0 Å². The van der Waals surface area contributed by atoms with Gasteiger partial charge < -0.3 is 0 Å². The summed E-state index contributed by atoms with van der Waals surface area (Å²) in [4.78, 5) is 0. The van der Waals surface area contributed by atoms with E-state index in [0.29, 0.717) is 33.5 Å². The molecule has 0 aliphatic heterocycles. The van der Waals surface area contributed by atoms with Crippen LogP contribution < -0.4 is 0 Å². The summed E-state index contributed by atoms with van der Waals surface area (Å²) in [5, 5.41) is 0. The van der Waals surface area contributed by atoms with Crippen LogP contribution in [0.1, 0.15) is 220 Å². The van der Waals surface area contributed by atoms with Crippen molar-refractivity contribution in [2.75, 3.05) is 0 Å². The Morgan fingerprint density at radius 3 is 1.00 bits per heavy atom. The molecule has 0 heterocycles. The van der Waals surface area contributed by atoms with Crippen molar-refractivity contribution in [2.24, 2.45) is 62.0 Å². The lowest BCUT2D eigenvalue weighted by Gasteiger charge is -2.44. The molecule has 0 heteroatoms. The summed E-state index contributed by atoms with van der Waals surface area (Å²) in [5.74, 6) is 0.341. The monoisotopic (exact) mass is 610 g/mol. The lowest BCUT2D eigenvalue weighted by atomic mass is 9.62. The number of hydrogen-bond acceptors (Lipinski definition) is 0. The fraction of sp³-hybridized carbons (Fsp3) is 1.00. The summed E-state index contributed by atoms with van der Waals surface area (Å²) in [6.45, 7) is 46.6. The van der Waals surface area contributed by atoms with E-state index in [-0.39, 0.29) is 28.5 Å². The summed E-state index contributed by atoms with van der Waals surface area (Å²) in [6, 6.07) is 0. The van der Waals surface area contributed by atoms with Crippen molar-refractivity contribution in [3.63, 3.8) is 0 Å². The van der Waals surface area contributed by atoms with Crippen molar-refractivity contribution in [3.8, 4) is 0 Å². The van der Waals surface area contributed by atoms with E-state index >= 15 is 0 Å². The van der Waals surface area contributed by atoms with Crippen molar-refractivity contribution in [3.05, 3.63) is 0 Å². The average molecular weight is 610 g/mol. The number of rotatable bonds is 6. The molecule has 2 aliphatic rings. The summed E-state index contributed by atoms with van der Waals surface area (Å²) < 4.78 is 24.8. The van der Waals surface area contributed by atoms with Gasteiger partial charge in [0.2, 0.25) is 0 Å². The molecule has 2 rings (SSSR count). The minimum Gasteiger partial charge on any atom is -0.0651 e. The predicted octanol–water partition coefficient (Wildman–Crippen LogP) is 15.7. The largest absolute Gasteiger partial charge is 0.0651 e. The molecule has 0 unspecified atom stereocenters. The minimum atomic E-state index is -0.375. The first-order chi connectivity index (χ1) is 20.1. The molecule has 0 N–H and O–H groups in total. The highest BCUT2D eigenvalue weighted by Crippen LogP contribution is 2.48. The van der Waals surface area contributed by atoms with Crippen LogP contribution in [0.15, 0.2) is 0 Å². The summed E-state index contributed by atoms with van der Waals surface area (Å²) in [6.07, 6.45) is 13.6. The molecular formula is C43H90. The zero-order chi connectivity index (χ0) is 37.4. The molecule has 0 saturated heterocycles. The van der Waals surface area contributed by atoms with Gasteiger partial charge in [-0.3, -0.25) is 0 Å². The molecule has 2 fully saturated rings. The molecule has 0 atom stereocenters. The van der Waals surface area contributed by atoms with Gasteiger partial charge in [0.1, 0.15) is 0 Å². The molecule has 0 aromatic heterocycles. The maximum absolute atomic E-state index is 8.44. The van der Waals surface area contributed by atoms with Crippen molar-refractivity contribution in [1.82, 2.24) is 0 Å². The van der Waals surface area contributed by atoms with Crippen molar-refractivity contribution in [1.29, 1.82) is 0 Å². The van der Waals surface area contributed by atoms with Crippen LogP contribution in [0.5, 0.6) is 0 Å². The Bertz CT molecular complexity index is 731. The third-order valence-corrected chi connectivity index (χ3v) is 11.0. The molecule has 0 nitrogen and oxygen atoms in total. The smallest absolute Gasteiger partial charge is 0.0311 e. The van der Waals surface area contributed by atoms with E-state index in [4.69, 9.17) is 4.11 Å². The van der Waals surface area contributed by atoms with Crippen LogP contribution in [0.2, 0.25) is 0 Å². The van der Waals surface area contributed by atoms with Crippen molar-refractivity contribution >= 4 is 0 Å². The lowest BCUT2D eigenvalue weighted by Crippen LogP contribution is -2.32. The maximum atomic E-state index is 8.44. The lowest BCUT2D eigenvalue weighted by molar-refractivity contribution is 0.0754. The van der Waals surface area contributed by atoms with Gasteiger partial charge in [0.25, 0.3) is 0 Å². The quantitative estimate of drug-likeness (QED) is 0.281. The Hall–Kier alpha value is 0. The second-order valence-corrected chi connectivity index (χ2v) is 20.0. The summed E-state index contributed by atoms with van der Waals surface area (Å²) >= 11 is 0. The molecule has 262 valence electrons. The Balaban J connectivity index is 0. The molecule has 2 aliphatic carbocycles. The SMILES string of the molecule is CC1(C)CCC(C)(C)CC1.[2H]C(C)(C(C)(C)C)C(C)(C)C.[2H]C(C)(C(CC)CC)C(CC)CC.[2H]C1(C)CC(C)(C)CC(C)(C)C1. The highest BCUT2D eigenvalue weighted by atomic mass is 14.4. The Morgan fingerprint density at radius 1 is 0.581 bits per heavy atom. The van der Waals surface area contributed by atoms with Crippen LogP contribution in [-0.2, 0) is 0 Å². The van der Waals surface area contributed by atoms with Gasteiger partial charge in [-0.15, -0.1) is 0 Å². The van der Waals surface area contributed by atoms with E-state index in [0.717, 1.165) is 38.5 Å².